The van der Waals surface area contributed by atoms with Crippen LogP contribution in [0.1, 0.15) is 92.2 Å². The van der Waals surface area contributed by atoms with Gasteiger partial charge in [0.1, 0.15) is 11.5 Å². The molecule has 0 amide bonds. The van der Waals surface area contributed by atoms with Crippen LogP contribution < -0.4 is 20.1 Å². The average Bonchev–Trinajstić information content (AvgIpc) is 3.62. The van der Waals surface area contributed by atoms with E-state index >= 15 is 0 Å². The maximum Gasteiger partial charge on any atom is 0.316 e. The van der Waals surface area contributed by atoms with E-state index < -0.39 is 10.8 Å². The van der Waals surface area contributed by atoms with Crippen molar-refractivity contribution >= 4 is 33.7 Å². The fraction of sp³-hybridized carbons (Fsp3) is 0.550. The van der Waals surface area contributed by atoms with E-state index in [2.05, 4.69) is 48.3 Å². The number of nitrogens with one attached hydrogen (secondary N) is 4. The molecular weight excluding hydrogens is 600 g/mol. The van der Waals surface area contributed by atoms with Crippen LogP contribution in [0.5, 0.6) is 11.5 Å². The highest BCUT2D eigenvalue weighted by Crippen LogP contribution is 2.45. The van der Waals surface area contributed by atoms with E-state index in [9.17, 15) is 9.59 Å². The summed E-state index contributed by atoms with van der Waals surface area (Å²) in [6.07, 6.45) is 8.84. The quantitative estimate of drug-likeness (QED) is 0.0671. The lowest BCUT2D eigenvalue weighted by Gasteiger charge is -2.38. The van der Waals surface area contributed by atoms with Gasteiger partial charge in [-0.1, -0.05) is 39.8 Å². The molecule has 262 valence electrons. The Hall–Kier alpha value is -3.62. The maximum atomic E-state index is 13.7. The number of rotatable bonds is 17. The SMILES string of the molecule is CNCCc1c[nH]c2cccc(OC(=O)C(C)(C)CC(C)(C)CCC(C)(C)CC(C)(C)C(=O)Oc3cccc4[nH]cc(CCNC)c34)c12. The third kappa shape index (κ3) is 9.08. The van der Waals surface area contributed by atoms with E-state index in [0.717, 1.165) is 71.7 Å². The number of H-pyrrole nitrogens is 2. The molecule has 48 heavy (non-hydrogen) atoms. The van der Waals surface area contributed by atoms with Gasteiger partial charge in [0.25, 0.3) is 0 Å². The number of hydrogen-bond donors (Lipinski definition) is 4. The smallest absolute Gasteiger partial charge is 0.316 e. The fourth-order valence-corrected chi connectivity index (χ4v) is 7.39. The number of aromatic nitrogens is 2. The summed E-state index contributed by atoms with van der Waals surface area (Å²) in [5.74, 6) is 0.762. The first-order valence-corrected chi connectivity index (χ1v) is 17.4. The van der Waals surface area contributed by atoms with E-state index in [4.69, 9.17) is 9.47 Å². The monoisotopic (exact) mass is 658 g/mol. The van der Waals surface area contributed by atoms with Gasteiger partial charge in [0.15, 0.2) is 0 Å². The number of benzene rings is 2. The van der Waals surface area contributed by atoms with Gasteiger partial charge in [-0.05, 0) is 140 Å². The zero-order valence-electron chi connectivity index (χ0n) is 30.9. The van der Waals surface area contributed by atoms with Gasteiger partial charge in [-0.3, -0.25) is 9.59 Å². The van der Waals surface area contributed by atoms with Crippen molar-refractivity contribution in [2.45, 2.75) is 93.9 Å². The van der Waals surface area contributed by atoms with Crippen molar-refractivity contribution in [2.24, 2.45) is 21.7 Å². The molecule has 0 atom stereocenters. The molecule has 0 aliphatic carbocycles. The predicted molar refractivity (Wildman–Crippen MR) is 197 cm³/mol. The molecule has 4 rings (SSSR count). The van der Waals surface area contributed by atoms with Gasteiger partial charge in [-0.25, -0.2) is 0 Å². The second-order valence-electron chi connectivity index (χ2n) is 16.4. The second-order valence-corrected chi connectivity index (χ2v) is 16.4. The molecule has 0 saturated carbocycles. The minimum absolute atomic E-state index is 0.129. The molecule has 0 aliphatic heterocycles. The molecule has 2 heterocycles. The third-order valence-electron chi connectivity index (χ3n) is 9.62. The van der Waals surface area contributed by atoms with Crippen molar-refractivity contribution in [1.29, 1.82) is 0 Å². The van der Waals surface area contributed by atoms with E-state index in [1.54, 1.807) is 0 Å². The van der Waals surface area contributed by atoms with Gasteiger partial charge >= 0.3 is 11.9 Å². The Balaban J connectivity index is 1.38. The van der Waals surface area contributed by atoms with Crippen LogP contribution >= 0.6 is 0 Å². The van der Waals surface area contributed by atoms with Crippen LogP contribution in [0.2, 0.25) is 0 Å². The van der Waals surface area contributed by atoms with E-state index in [1.807, 2.05) is 90.6 Å². The number of likely N-dealkylation sites (N-methyl/N-ethyl adjacent to an activating group) is 2. The van der Waals surface area contributed by atoms with Crippen molar-refractivity contribution in [3.63, 3.8) is 0 Å². The van der Waals surface area contributed by atoms with Crippen LogP contribution in [0.15, 0.2) is 48.8 Å². The number of carbonyl (C=O) groups excluding carboxylic acids is 2. The maximum absolute atomic E-state index is 13.7. The summed E-state index contributed by atoms with van der Waals surface area (Å²) in [4.78, 5) is 33.9. The van der Waals surface area contributed by atoms with Crippen molar-refractivity contribution < 1.29 is 19.1 Å². The summed E-state index contributed by atoms with van der Waals surface area (Å²) in [6, 6.07) is 11.6. The van der Waals surface area contributed by atoms with Gasteiger partial charge in [0.05, 0.1) is 10.8 Å². The van der Waals surface area contributed by atoms with Gasteiger partial charge in [-0.15, -0.1) is 0 Å². The molecule has 0 spiro atoms. The van der Waals surface area contributed by atoms with Crippen molar-refractivity contribution in [2.75, 3.05) is 27.2 Å². The second kappa shape index (κ2) is 14.9. The first kappa shape index (κ1) is 37.2. The first-order valence-electron chi connectivity index (χ1n) is 17.4. The number of esters is 2. The Morgan fingerprint density at radius 3 is 1.35 bits per heavy atom. The fourth-order valence-electron chi connectivity index (χ4n) is 7.39. The van der Waals surface area contributed by atoms with E-state index in [1.165, 1.54) is 0 Å². The zero-order valence-corrected chi connectivity index (χ0v) is 30.9. The summed E-state index contributed by atoms with van der Waals surface area (Å²) < 4.78 is 12.2. The molecule has 0 fully saturated rings. The molecular formula is C40H58N4O4. The highest BCUT2D eigenvalue weighted by molar-refractivity contribution is 5.93. The minimum atomic E-state index is -0.689. The molecule has 8 heteroatoms. The van der Waals surface area contributed by atoms with E-state index in [-0.39, 0.29) is 22.8 Å². The number of carbonyl (C=O) groups is 2. The van der Waals surface area contributed by atoms with Crippen LogP contribution in [-0.2, 0) is 22.4 Å². The zero-order chi connectivity index (χ0) is 35.3. The molecule has 0 saturated heterocycles. The molecule has 4 aromatic rings. The summed E-state index contributed by atoms with van der Waals surface area (Å²) in [5.41, 5.74) is 2.56. The molecule has 0 bridgehead atoms. The van der Waals surface area contributed by atoms with Crippen LogP contribution in [0.4, 0.5) is 0 Å². The van der Waals surface area contributed by atoms with E-state index in [0.29, 0.717) is 24.3 Å². The lowest BCUT2D eigenvalue weighted by molar-refractivity contribution is -0.147. The highest BCUT2D eigenvalue weighted by Gasteiger charge is 2.40. The summed E-state index contributed by atoms with van der Waals surface area (Å²) >= 11 is 0. The number of aromatic amines is 2. The van der Waals surface area contributed by atoms with Gasteiger partial charge < -0.3 is 30.1 Å². The van der Waals surface area contributed by atoms with Crippen molar-refractivity contribution in [1.82, 2.24) is 20.6 Å². The lowest BCUT2D eigenvalue weighted by atomic mass is 9.67. The Morgan fingerprint density at radius 1 is 0.625 bits per heavy atom. The third-order valence-corrected chi connectivity index (χ3v) is 9.62. The Kier molecular flexibility index (Phi) is 11.5. The molecule has 2 aromatic heterocycles. The minimum Gasteiger partial charge on any atom is -0.425 e. The van der Waals surface area contributed by atoms with Crippen molar-refractivity contribution in [3.05, 3.63) is 59.9 Å². The molecule has 0 radical (unpaired) electrons. The Bertz CT molecular complexity index is 1580. The Labute approximate surface area is 287 Å². The molecule has 2 aromatic carbocycles. The number of ether oxygens (including phenoxy) is 2. The van der Waals surface area contributed by atoms with Crippen LogP contribution in [0.3, 0.4) is 0 Å². The summed E-state index contributed by atoms with van der Waals surface area (Å²) in [6.45, 7) is 18.5. The van der Waals surface area contributed by atoms with Crippen LogP contribution in [0, 0.1) is 21.7 Å². The predicted octanol–water partition coefficient (Wildman–Crippen LogP) is 8.35. The van der Waals surface area contributed by atoms with Gasteiger partial charge in [0, 0.05) is 34.2 Å². The summed E-state index contributed by atoms with van der Waals surface area (Å²) in [7, 11) is 3.87. The highest BCUT2D eigenvalue weighted by atomic mass is 16.5. The largest absolute Gasteiger partial charge is 0.425 e. The van der Waals surface area contributed by atoms with Crippen LogP contribution in [-0.4, -0.2) is 49.1 Å². The van der Waals surface area contributed by atoms with Crippen LogP contribution in [0.25, 0.3) is 21.8 Å². The molecule has 4 N–H and O–H groups in total. The summed E-state index contributed by atoms with van der Waals surface area (Å²) in [5, 5.41) is 8.33. The standard InChI is InChI=1S/C40H58N4O4/c1-37(2,25-39(5,6)35(45)47-31-15-11-13-29-33(31)27(23-43-29)17-21-41-9)19-20-38(3,4)26-40(7,8)36(46)48-32-16-12-14-30-34(32)28(24-44-30)18-22-42-10/h11-16,23-24,41-44H,17-22,25-26H2,1-10H3. The normalized spacial score (nSPS) is 13.0. The Morgan fingerprint density at radius 2 is 1.00 bits per heavy atom. The molecule has 0 aliphatic rings. The molecule has 0 unspecified atom stereocenters. The number of fused-ring (bicyclic) bond motifs is 2. The first-order chi connectivity index (χ1) is 22.5. The topological polar surface area (TPSA) is 108 Å². The lowest BCUT2D eigenvalue weighted by Crippen LogP contribution is -2.36. The average molecular weight is 659 g/mol. The van der Waals surface area contributed by atoms with Gasteiger partial charge in [-0.2, -0.15) is 0 Å². The van der Waals surface area contributed by atoms with Crippen molar-refractivity contribution in [3.8, 4) is 11.5 Å². The molecule has 8 nitrogen and oxygen atoms in total. The van der Waals surface area contributed by atoms with Gasteiger partial charge in [0.2, 0.25) is 0 Å². The number of hydrogen-bond acceptors (Lipinski definition) is 6.